The molecule has 0 heterocycles. The number of carbonyl (C=O) groups excluding carboxylic acids is 3. The van der Waals surface area contributed by atoms with Crippen molar-refractivity contribution < 1.29 is 24.0 Å². The van der Waals surface area contributed by atoms with Crippen molar-refractivity contribution in [1.29, 1.82) is 0 Å². The summed E-state index contributed by atoms with van der Waals surface area (Å²) < 4.78 is 5.28. The van der Waals surface area contributed by atoms with Gasteiger partial charge in [-0.15, -0.1) is 0 Å². The summed E-state index contributed by atoms with van der Waals surface area (Å²) in [6.07, 6.45) is 0.757. The highest BCUT2D eigenvalue weighted by atomic mass is 16.6. The van der Waals surface area contributed by atoms with Gasteiger partial charge in [0.25, 0.3) is 11.6 Å². The van der Waals surface area contributed by atoms with Crippen LogP contribution in [0.3, 0.4) is 0 Å². The number of nitro benzene ring substituents is 1. The number of nitrogens with one attached hydrogen (secondary N) is 1. The van der Waals surface area contributed by atoms with E-state index in [4.69, 9.17) is 4.74 Å². The Hall–Kier alpha value is -3.55. The van der Waals surface area contributed by atoms with Crippen molar-refractivity contribution in [3.8, 4) is 5.75 Å². The Kier molecular flexibility index (Phi) is 6.76. The third-order valence-corrected chi connectivity index (χ3v) is 3.80. The summed E-state index contributed by atoms with van der Waals surface area (Å²) in [5.41, 5.74) is 0.607. The zero-order valence-corrected chi connectivity index (χ0v) is 14.6. The smallest absolute Gasteiger partial charge is 0.270 e. The standard InChI is InChI=1S/C19H18N2O6/c1-13(23)17(9-14-5-3-2-4-6-14)20-19(24)12-27-18-8-7-16(21(25)26)10-15(18)11-22/h2-8,10-11,17H,9,12H2,1H3,(H,20,24)/t17-/m0/s1. The van der Waals surface area contributed by atoms with Gasteiger partial charge in [-0.3, -0.25) is 24.5 Å². The Labute approximate surface area is 155 Å². The SMILES string of the molecule is CC(=O)[C@H](Cc1ccccc1)NC(=O)COc1ccc([N+](=O)[O-])cc1C=O. The fourth-order valence-corrected chi connectivity index (χ4v) is 2.40. The average molecular weight is 370 g/mol. The summed E-state index contributed by atoms with van der Waals surface area (Å²) >= 11 is 0. The summed E-state index contributed by atoms with van der Waals surface area (Å²) in [6.45, 7) is 0.951. The maximum Gasteiger partial charge on any atom is 0.270 e. The molecule has 2 aromatic rings. The molecule has 0 saturated heterocycles. The zero-order valence-electron chi connectivity index (χ0n) is 14.6. The third kappa shape index (κ3) is 5.74. The van der Waals surface area contributed by atoms with Gasteiger partial charge in [0.2, 0.25) is 0 Å². The largest absolute Gasteiger partial charge is 0.483 e. The molecule has 1 amide bonds. The van der Waals surface area contributed by atoms with Crippen molar-refractivity contribution in [2.24, 2.45) is 0 Å². The maximum absolute atomic E-state index is 12.1. The Morgan fingerprint density at radius 2 is 1.93 bits per heavy atom. The molecule has 0 spiro atoms. The molecule has 8 heteroatoms. The number of aldehydes is 1. The van der Waals surface area contributed by atoms with Crippen molar-refractivity contribution in [3.63, 3.8) is 0 Å². The molecule has 140 valence electrons. The first kappa shape index (κ1) is 19.8. The highest BCUT2D eigenvalue weighted by molar-refractivity contribution is 5.88. The van der Waals surface area contributed by atoms with Crippen LogP contribution in [0.2, 0.25) is 0 Å². The molecule has 1 atom stereocenters. The molecule has 0 fully saturated rings. The van der Waals surface area contributed by atoms with Crippen molar-refractivity contribution in [1.82, 2.24) is 5.32 Å². The number of ether oxygens (including phenoxy) is 1. The first-order chi connectivity index (χ1) is 12.9. The van der Waals surface area contributed by atoms with Crippen LogP contribution in [0.1, 0.15) is 22.8 Å². The number of ketones is 1. The first-order valence-electron chi connectivity index (χ1n) is 8.11. The topological polar surface area (TPSA) is 116 Å². The maximum atomic E-state index is 12.1. The number of nitrogens with zero attached hydrogens (tertiary/aromatic N) is 1. The Bertz CT molecular complexity index is 851. The van der Waals surface area contributed by atoms with E-state index in [9.17, 15) is 24.5 Å². The first-order valence-corrected chi connectivity index (χ1v) is 8.11. The Morgan fingerprint density at radius 3 is 2.52 bits per heavy atom. The normalized spacial score (nSPS) is 11.3. The lowest BCUT2D eigenvalue weighted by Crippen LogP contribution is -2.43. The molecule has 0 unspecified atom stereocenters. The predicted octanol–water partition coefficient (Wildman–Crippen LogP) is 2.10. The van der Waals surface area contributed by atoms with Gasteiger partial charge in [0.05, 0.1) is 16.5 Å². The monoisotopic (exact) mass is 370 g/mol. The lowest BCUT2D eigenvalue weighted by molar-refractivity contribution is -0.384. The molecule has 0 aliphatic carbocycles. The number of nitro groups is 1. The molecular weight excluding hydrogens is 352 g/mol. The minimum Gasteiger partial charge on any atom is -0.483 e. The Morgan fingerprint density at radius 1 is 1.22 bits per heavy atom. The van der Waals surface area contributed by atoms with E-state index in [1.807, 2.05) is 30.3 Å². The summed E-state index contributed by atoms with van der Waals surface area (Å²) in [7, 11) is 0. The summed E-state index contributed by atoms with van der Waals surface area (Å²) in [5, 5.41) is 13.3. The van der Waals surface area contributed by atoms with E-state index in [2.05, 4.69) is 5.32 Å². The number of amides is 1. The highest BCUT2D eigenvalue weighted by Gasteiger charge is 2.18. The molecule has 0 bridgehead atoms. The van der Waals surface area contributed by atoms with Crippen LogP contribution in [0.15, 0.2) is 48.5 Å². The molecule has 0 aliphatic rings. The van der Waals surface area contributed by atoms with Crippen LogP contribution in [0.4, 0.5) is 5.69 Å². The van der Waals surface area contributed by atoms with Gasteiger partial charge >= 0.3 is 0 Å². The van der Waals surface area contributed by atoms with Gasteiger partial charge in [-0.05, 0) is 25.0 Å². The fraction of sp³-hybridized carbons (Fsp3) is 0.211. The van der Waals surface area contributed by atoms with Gasteiger partial charge in [0.1, 0.15) is 5.75 Å². The average Bonchev–Trinajstić information content (AvgIpc) is 2.66. The minimum atomic E-state index is -0.703. The molecule has 2 rings (SSSR count). The van der Waals surface area contributed by atoms with Crippen molar-refractivity contribution in [3.05, 3.63) is 69.8 Å². The number of carbonyl (C=O) groups is 3. The number of benzene rings is 2. The summed E-state index contributed by atoms with van der Waals surface area (Å²) in [5.74, 6) is -0.689. The molecule has 0 aliphatic heterocycles. The van der Waals surface area contributed by atoms with Crippen molar-refractivity contribution >= 4 is 23.7 Å². The fourth-order valence-electron chi connectivity index (χ4n) is 2.40. The number of Topliss-reactive ketones (excluding diaryl/α,β-unsaturated/α-hetero) is 1. The van der Waals surface area contributed by atoms with E-state index in [0.29, 0.717) is 12.7 Å². The number of rotatable bonds is 9. The zero-order chi connectivity index (χ0) is 19.8. The van der Waals surface area contributed by atoms with Gasteiger partial charge in [0.15, 0.2) is 18.7 Å². The molecule has 0 aromatic heterocycles. The Balaban J connectivity index is 1.99. The summed E-state index contributed by atoms with van der Waals surface area (Å²) in [6, 6.07) is 12.0. The van der Waals surface area contributed by atoms with E-state index >= 15 is 0 Å². The minimum absolute atomic E-state index is 0.0376. The molecule has 2 aromatic carbocycles. The van der Waals surface area contributed by atoms with Crippen LogP contribution in [0, 0.1) is 10.1 Å². The second-order valence-corrected chi connectivity index (χ2v) is 5.81. The van der Waals surface area contributed by atoms with E-state index in [0.717, 1.165) is 11.6 Å². The van der Waals surface area contributed by atoms with Crippen LogP contribution in [0.25, 0.3) is 0 Å². The lowest BCUT2D eigenvalue weighted by atomic mass is 10.0. The van der Waals surface area contributed by atoms with Crippen LogP contribution >= 0.6 is 0 Å². The highest BCUT2D eigenvalue weighted by Crippen LogP contribution is 2.22. The second kappa shape index (κ2) is 9.23. The molecule has 0 saturated carbocycles. The second-order valence-electron chi connectivity index (χ2n) is 5.81. The quantitative estimate of drug-likeness (QED) is 0.410. The van der Waals surface area contributed by atoms with Crippen molar-refractivity contribution in [2.75, 3.05) is 6.61 Å². The van der Waals surface area contributed by atoms with E-state index in [-0.39, 0.29) is 22.8 Å². The van der Waals surface area contributed by atoms with Gasteiger partial charge in [-0.1, -0.05) is 30.3 Å². The van der Waals surface area contributed by atoms with Gasteiger partial charge < -0.3 is 10.1 Å². The van der Waals surface area contributed by atoms with Gasteiger partial charge in [-0.2, -0.15) is 0 Å². The number of non-ortho nitro benzene ring substituents is 1. The predicted molar refractivity (Wildman–Crippen MR) is 96.7 cm³/mol. The molecule has 8 nitrogen and oxygen atoms in total. The van der Waals surface area contributed by atoms with Crippen LogP contribution < -0.4 is 10.1 Å². The van der Waals surface area contributed by atoms with Gasteiger partial charge in [0, 0.05) is 12.1 Å². The molecule has 0 radical (unpaired) electrons. The van der Waals surface area contributed by atoms with E-state index in [1.54, 1.807) is 0 Å². The van der Waals surface area contributed by atoms with Crippen LogP contribution in [-0.2, 0) is 16.0 Å². The molecule has 1 N–H and O–H groups in total. The van der Waals surface area contributed by atoms with E-state index in [1.165, 1.54) is 19.1 Å². The number of hydrogen-bond donors (Lipinski definition) is 1. The third-order valence-electron chi connectivity index (χ3n) is 3.80. The van der Waals surface area contributed by atoms with E-state index < -0.39 is 23.5 Å². The molecule has 27 heavy (non-hydrogen) atoms. The van der Waals surface area contributed by atoms with Crippen molar-refractivity contribution in [2.45, 2.75) is 19.4 Å². The van der Waals surface area contributed by atoms with Crippen LogP contribution in [-0.4, -0.2) is 35.5 Å². The summed E-state index contributed by atoms with van der Waals surface area (Å²) in [4.78, 5) is 45.1. The van der Waals surface area contributed by atoms with Gasteiger partial charge in [-0.25, -0.2) is 0 Å². The number of hydrogen-bond acceptors (Lipinski definition) is 6. The van der Waals surface area contributed by atoms with Crippen LogP contribution in [0.5, 0.6) is 5.75 Å². The lowest BCUT2D eigenvalue weighted by Gasteiger charge is -2.16. The molecular formula is C19H18N2O6.